The van der Waals surface area contributed by atoms with E-state index < -0.39 is 5.97 Å². The molecule has 0 aliphatic rings. The van der Waals surface area contributed by atoms with Gasteiger partial charge in [-0.2, -0.15) is 0 Å². The van der Waals surface area contributed by atoms with Gasteiger partial charge in [0.1, 0.15) is 0 Å². The molecule has 82 valence electrons. The Morgan fingerprint density at radius 1 is 1.53 bits per heavy atom. The van der Waals surface area contributed by atoms with Gasteiger partial charge in [-0.05, 0) is 24.6 Å². The molecule has 1 aromatic rings. The van der Waals surface area contributed by atoms with Crippen LogP contribution in [0.4, 0.5) is 5.69 Å². The molecule has 0 atom stereocenters. The summed E-state index contributed by atoms with van der Waals surface area (Å²) in [6.45, 7) is 2.94. The number of anilines is 1. The van der Waals surface area contributed by atoms with Crippen molar-refractivity contribution in [2.24, 2.45) is 0 Å². The number of hydrogen-bond donors (Lipinski definition) is 1. The van der Waals surface area contributed by atoms with Gasteiger partial charge in [-0.25, -0.2) is 4.79 Å². The second kappa shape index (κ2) is 5.61. The molecule has 0 bridgehead atoms. The Bertz CT molecular complexity index is 352. The van der Waals surface area contributed by atoms with Gasteiger partial charge in [0.2, 0.25) is 0 Å². The van der Waals surface area contributed by atoms with Crippen molar-refractivity contribution in [3.8, 4) is 0 Å². The van der Waals surface area contributed by atoms with Crippen LogP contribution in [0, 0.1) is 0 Å². The van der Waals surface area contributed by atoms with Crippen LogP contribution in [-0.4, -0.2) is 19.6 Å². The first-order valence-electron chi connectivity index (χ1n) is 4.80. The molecule has 0 amide bonds. The zero-order valence-electron chi connectivity index (χ0n) is 8.84. The quantitative estimate of drug-likeness (QED) is 0.804. The highest BCUT2D eigenvalue weighted by molar-refractivity contribution is 6.33. The molecular formula is C11H14ClNO2. The summed E-state index contributed by atoms with van der Waals surface area (Å²) < 4.78 is 4.63. The lowest BCUT2D eigenvalue weighted by Gasteiger charge is -2.07. The fraction of sp³-hybridized carbons (Fsp3) is 0.364. The average Bonchev–Trinajstić information content (AvgIpc) is 2.27. The molecule has 0 aromatic heterocycles. The van der Waals surface area contributed by atoms with Crippen LogP contribution in [0.15, 0.2) is 18.2 Å². The van der Waals surface area contributed by atoms with E-state index in [-0.39, 0.29) is 0 Å². The Morgan fingerprint density at radius 3 is 2.87 bits per heavy atom. The number of ether oxygens (including phenoxy) is 1. The number of halogens is 1. The second-order valence-corrected chi connectivity index (χ2v) is 3.52. The van der Waals surface area contributed by atoms with E-state index in [0.717, 1.165) is 18.7 Å². The van der Waals surface area contributed by atoms with Gasteiger partial charge < -0.3 is 10.1 Å². The van der Waals surface area contributed by atoms with E-state index in [0.29, 0.717) is 10.6 Å². The van der Waals surface area contributed by atoms with Gasteiger partial charge in [-0.3, -0.25) is 0 Å². The summed E-state index contributed by atoms with van der Waals surface area (Å²) in [5, 5.41) is 3.58. The molecule has 0 radical (unpaired) electrons. The number of esters is 1. The van der Waals surface area contributed by atoms with Crippen LogP contribution < -0.4 is 5.32 Å². The van der Waals surface area contributed by atoms with E-state index in [9.17, 15) is 4.79 Å². The van der Waals surface area contributed by atoms with E-state index in [1.807, 2.05) is 6.07 Å². The molecule has 0 heterocycles. The fourth-order valence-corrected chi connectivity index (χ4v) is 1.37. The summed E-state index contributed by atoms with van der Waals surface area (Å²) in [5.41, 5.74) is 1.27. The summed E-state index contributed by atoms with van der Waals surface area (Å²) in [6.07, 6.45) is 1.02. The van der Waals surface area contributed by atoms with Gasteiger partial charge in [0, 0.05) is 12.2 Å². The van der Waals surface area contributed by atoms with Crippen LogP contribution in [0.3, 0.4) is 0 Å². The first-order valence-corrected chi connectivity index (χ1v) is 5.18. The zero-order chi connectivity index (χ0) is 11.3. The standard InChI is InChI=1S/C11H14ClNO2/c1-3-6-13-8-4-5-10(12)9(7-8)11(14)15-2/h4-5,7,13H,3,6H2,1-2H3. The lowest BCUT2D eigenvalue weighted by atomic mass is 10.2. The second-order valence-electron chi connectivity index (χ2n) is 3.11. The number of carbonyl (C=O) groups excluding carboxylic acids is 1. The third kappa shape index (κ3) is 3.13. The minimum absolute atomic E-state index is 0.389. The minimum Gasteiger partial charge on any atom is -0.465 e. The molecule has 0 saturated heterocycles. The Balaban J connectivity index is 2.89. The highest BCUT2D eigenvalue weighted by Crippen LogP contribution is 2.21. The van der Waals surface area contributed by atoms with Crippen molar-refractivity contribution in [2.75, 3.05) is 19.0 Å². The Labute approximate surface area is 94.4 Å². The molecular weight excluding hydrogens is 214 g/mol. The monoisotopic (exact) mass is 227 g/mol. The molecule has 0 spiro atoms. The summed E-state index contributed by atoms with van der Waals surface area (Å²) >= 11 is 5.88. The topological polar surface area (TPSA) is 38.3 Å². The summed E-state index contributed by atoms with van der Waals surface area (Å²) in [7, 11) is 1.34. The summed E-state index contributed by atoms with van der Waals surface area (Å²) in [4.78, 5) is 11.3. The molecule has 15 heavy (non-hydrogen) atoms. The van der Waals surface area contributed by atoms with Crippen LogP contribution >= 0.6 is 11.6 Å². The predicted molar refractivity (Wildman–Crippen MR) is 61.6 cm³/mol. The molecule has 0 aliphatic heterocycles. The first kappa shape index (κ1) is 11.9. The van der Waals surface area contributed by atoms with Gasteiger partial charge in [-0.1, -0.05) is 18.5 Å². The van der Waals surface area contributed by atoms with Gasteiger partial charge in [0.15, 0.2) is 0 Å². The van der Waals surface area contributed by atoms with E-state index in [4.69, 9.17) is 11.6 Å². The zero-order valence-corrected chi connectivity index (χ0v) is 9.60. The average molecular weight is 228 g/mol. The van der Waals surface area contributed by atoms with Crippen LogP contribution in [0.5, 0.6) is 0 Å². The molecule has 1 aromatic carbocycles. The molecule has 1 rings (SSSR count). The lowest BCUT2D eigenvalue weighted by Crippen LogP contribution is -2.05. The van der Waals surface area contributed by atoms with Crippen molar-refractivity contribution in [2.45, 2.75) is 13.3 Å². The minimum atomic E-state index is -0.417. The van der Waals surface area contributed by atoms with E-state index in [2.05, 4.69) is 17.0 Å². The van der Waals surface area contributed by atoms with E-state index in [1.54, 1.807) is 12.1 Å². The van der Waals surface area contributed by atoms with Crippen molar-refractivity contribution in [1.82, 2.24) is 0 Å². The highest BCUT2D eigenvalue weighted by atomic mass is 35.5. The van der Waals surface area contributed by atoms with E-state index in [1.165, 1.54) is 7.11 Å². The van der Waals surface area contributed by atoms with Gasteiger partial charge in [0.25, 0.3) is 0 Å². The van der Waals surface area contributed by atoms with Gasteiger partial charge in [0.05, 0.1) is 17.7 Å². The van der Waals surface area contributed by atoms with Crippen LogP contribution in [0.1, 0.15) is 23.7 Å². The number of rotatable bonds is 4. The van der Waals surface area contributed by atoms with Crippen molar-refractivity contribution >= 4 is 23.3 Å². The Kier molecular flexibility index (Phi) is 4.43. The van der Waals surface area contributed by atoms with Gasteiger partial charge in [-0.15, -0.1) is 0 Å². The molecule has 0 saturated carbocycles. The SMILES string of the molecule is CCCNc1ccc(Cl)c(C(=O)OC)c1. The number of methoxy groups -OCH3 is 1. The van der Waals surface area contributed by atoms with Crippen molar-refractivity contribution in [1.29, 1.82) is 0 Å². The third-order valence-corrected chi connectivity index (χ3v) is 2.28. The third-order valence-electron chi connectivity index (χ3n) is 1.95. The largest absolute Gasteiger partial charge is 0.465 e. The van der Waals surface area contributed by atoms with Crippen LogP contribution in [0.25, 0.3) is 0 Å². The maximum Gasteiger partial charge on any atom is 0.339 e. The normalized spacial score (nSPS) is 9.80. The van der Waals surface area contributed by atoms with Crippen LogP contribution in [0.2, 0.25) is 5.02 Å². The van der Waals surface area contributed by atoms with Crippen molar-refractivity contribution in [3.63, 3.8) is 0 Å². The number of hydrogen-bond acceptors (Lipinski definition) is 3. The molecule has 3 nitrogen and oxygen atoms in total. The lowest BCUT2D eigenvalue weighted by molar-refractivity contribution is 0.0601. The summed E-state index contributed by atoms with van der Waals surface area (Å²) in [6, 6.07) is 5.22. The maximum absolute atomic E-state index is 11.3. The van der Waals surface area contributed by atoms with Gasteiger partial charge >= 0.3 is 5.97 Å². The number of carbonyl (C=O) groups is 1. The number of nitrogens with one attached hydrogen (secondary N) is 1. The smallest absolute Gasteiger partial charge is 0.339 e. The Morgan fingerprint density at radius 2 is 2.27 bits per heavy atom. The van der Waals surface area contributed by atoms with Crippen LogP contribution in [-0.2, 0) is 4.74 Å². The molecule has 0 aliphatic carbocycles. The predicted octanol–water partition coefficient (Wildman–Crippen LogP) is 2.95. The van der Waals surface area contributed by atoms with E-state index >= 15 is 0 Å². The number of benzene rings is 1. The fourth-order valence-electron chi connectivity index (χ4n) is 1.17. The maximum atomic E-state index is 11.3. The molecule has 4 heteroatoms. The first-order chi connectivity index (χ1) is 7.19. The van der Waals surface area contributed by atoms with Crippen molar-refractivity contribution in [3.05, 3.63) is 28.8 Å². The molecule has 0 unspecified atom stereocenters. The van der Waals surface area contributed by atoms with Crippen molar-refractivity contribution < 1.29 is 9.53 Å². The highest BCUT2D eigenvalue weighted by Gasteiger charge is 2.10. The molecule has 1 N–H and O–H groups in total. The Hall–Kier alpha value is -1.22. The molecule has 0 fully saturated rings. The summed E-state index contributed by atoms with van der Waals surface area (Å²) in [5.74, 6) is -0.417.